The van der Waals surface area contributed by atoms with Crippen LogP contribution in [0.5, 0.6) is 0 Å². The maximum absolute atomic E-state index is 13.8. The van der Waals surface area contributed by atoms with Crippen LogP contribution in [0.15, 0.2) is 29.4 Å². The summed E-state index contributed by atoms with van der Waals surface area (Å²) >= 11 is 0. The molecule has 0 aliphatic carbocycles. The van der Waals surface area contributed by atoms with Gasteiger partial charge >= 0.3 is 6.18 Å². The first kappa shape index (κ1) is 22.2. The van der Waals surface area contributed by atoms with Gasteiger partial charge in [-0.25, -0.2) is 17.8 Å². The normalized spacial score (nSPS) is 16.6. The molecule has 2 aromatic rings. The molecule has 0 atom stereocenters. The van der Waals surface area contributed by atoms with Gasteiger partial charge in [-0.15, -0.1) is 0 Å². The predicted molar refractivity (Wildman–Crippen MR) is 99.5 cm³/mol. The van der Waals surface area contributed by atoms with Crippen LogP contribution in [0.3, 0.4) is 0 Å². The number of anilines is 1. The molecule has 0 radical (unpaired) electrons. The number of benzene rings is 1. The van der Waals surface area contributed by atoms with Crippen molar-refractivity contribution in [3.8, 4) is 0 Å². The van der Waals surface area contributed by atoms with Crippen molar-refractivity contribution in [2.24, 2.45) is 13.0 Å². The van der Waals surface area contributed by atoms with Crippen molar-refractivity contribution < 1.29 is 30.8 Å². The Morgan fingerprint density at radius 1 is 1.23 bits per heavy atom. The summed E-state index contributed by atoms with van der Waals surface area (Å²) in [7, 11) is -2.14. The molecule has 1 saturated heterocycles. The SMILES string of the molecule is Cc1nc(S(=O)(=O)N2CCC(C(=O)Nc3cc(C(F)(F)F)ccc3F)CC2)cn1C. The van der Waals surface area contributed by atoms with E-state index in [1.807, 2.05) is 0 Å². The Morgan fingerprint density at radius 3 is 2.40 bits per heavy atom. The van der Waals surface area contributed by atoms with E-state index in [0.717, 1.165) is 0 Å². The Morgan fingerprint density at radius 2 is 1.87 bits per heavy atom. The number of nitrogens with zero attached hydrogens (tertiary/aromatic N) is 3. The van der Waals surface area contributed by atoms with Crippen LogP contribution in [0, 0.1) is 18.7 Å². The number of nitrogens with one attached hydrogen (secondary N) is 1. The van der Waals surface area contributed by atoms with Gasteiger partial charge in [-0.2, -0.15) is 17.5 Å². The van der Waals surface area contributed by atoms with E-state index in [1.165, 1.54) is 10.5 Å². The second-order valence-electron chi connectivity index (χ2n) is 7.10. The maximum atomic E-state index is 13.8. The van der Waals surface area contributed by atoms with E-state index in [-0.39, 0.29) is 31.0 Å². The van der Waals surface area contributed by atoms with Crippen molar-refractivity contribution in [3.63, 3.8) is 0 Å². The van der Waals surface area contributed by atoms with Crippen LogP contribution >= 0.6 is 0 Å². The van der Waals surface area contributed by atoms with Crippen LogP contribution in [-0.4, -0.2) is 41.3 Å². The zero-order valence-electron chi connectivity index (χ0n) is 16.2. The quantitative estimate of drug-likeness (QED) is 0.729. The van der Waals surface area contributed by atoms with E-state index in [9.17, 15) is 30.8 Å². The van der Waals surface area contributed by atoms with Crippen LogP contribution in [0.1, 0.15) is 24.2 Å². The van der Waals surface area contributed by atoms with Gasteiger partial charge in [-0.1, -0.05) is 0 Å². The molecule has 1 amide bonds. The maximum Gasteiger partial charge on any atom is 0.416 e. The Balaban J connectivity index is 1.66. The van der Waals surface area contributed by atoms with Crippen molar-refractivity contribution in [1.29, 1.82) is 0 Å². The number of piperidine rings is 1. The second kappa shape index (κ2) is 7.99. The van der Waals surface area contributed by atoms with E-state index in [0.29, 0.717) is 24.0 Å². The molecule has 30 heavy (non-hydrogen) atoms. The molecule has 0 saturated carbocycles. The lowest BCUT2D eigenvalue weighted by Crippen LogP contribution is -2.41. The molecule has 1 N–H and O–H groups in total. The highest BCUT2D eigenvalue weighted by atomic mass is 32.2. The van der Waals surface area contributed by atoms with Gasteiger partial charge in [-0.05, 0) is 38.0 Å². The Bertz CT molecular complexity index is 1040. The number of hydrogen-bond acceptors (Lipinski definition) is 4. The Kier molecular flexibility index (Phi) is 5.92. The van der Waals surface area contributed by atoms with Crippen molar-refractivity contribution in [1.82, 2.24) is 13.9 Å². The molecule has 1 aliphatic heterocycles. The molecule has 2 heterocycles. The van der Waals surface area contributed by atoms with E-state index in [2.05, 4.69) is 10.3 Å². The summed E-state index contributed by atoms with van der Waals surface area (Å²) in [4.78, 5) is 16.4. The van der Waals surface area contributed by atoms with E-state index < -0.39 is 45.1 Å². The first-order chi connectivity index (χ1) is 13.9. The summed E-state index contributed by atoms with van der Waals surface area (Å²) in [5.41, 5.74) is -1.64. The van der Waals surface area contributed by atoms with Crippen LogP contribution in [0.25, 0.3) is 0 Å². The fraction of sp³-hybridized carbons (Fsp3) is 0.444. The van der Waals surface area contributed by atoms with Gasteiger partial charge in [0.15, 0.2) is 5.03 Å². The van der Waals surface area contributed by atoms with Crippen LogP contribution < -0.4 is 5.32 Å². The predicted octanol–water partition coefficient (Wildman–Crippen LogP) is 2.93. The third kappa shape index (κ3) is 4.48. The summed E-state index contributed by atoms with van der Waals surface area (Å²) in [6.45, 7) is 1.75. The van der Waals surface area contributed by atoms with E-state index in [4.69, 9.17) is 0 Å². The van der Waals surface area contributed by atoms with Gasteiger partial charge in [0.25, 0.3) is 10.0 Å². The third-order valence-electron chi connectivity index (χ3n) is 5.07. The minimum Gasteiger partial charge on any atom is -0.337 e. The minimum absolute atomic E-state index is 0.0428. The molecule has 0 bridgehead atoms. The van der Waals surface area contributed by atoms with Gasteiger partial charge in [0.1, 0.15) is 11.6 Å². The molecule has 1 aromatic carbocycles. The van der Waals surface area contributed by atoms with Crippen LogP contribution in [-0.2, 0) is 28.0 Å². The molecule has 0 spiro atoms. The summed E-state index contributed by atoms with van der Waals surface area (Å²) in [6.07, 6.45) is -2.97. The van der Waals surface area contributed by atoms with Crippen molar-refractivity contribution in [3.05, 3.63) is 41.6 Å². The number of hydrogen-bond donors (Lipinski definition) is 1. The zero-order chi connectivity index (χ0) is 22.3. The average molecular weight is 448 g/mol. The topological polar surface area (TPSA) is 84.3 Å². The lowest BCUT2D eigenvalue weighted by atomic mass is 9.97. The first-order valence-corrected chi connectivity index (χ1v) is 10.5. The summed E-state index contributed by atoms with van der Waals surface area (Å²) in [5.74, 6) is -1.76. The number of carbonyl (C=O) groups excluding carboxylic acids is 1. The molecule has 1 aromatic heterocycles. The molecular weight excluding hydrogens is 428 g/mol. The number of carbonyl (C=O) groups is 1. The van der Waals surface area contributed by atoms with Gasteiger partial charge in [0.05, 0.1) is 11.3 Å². The highest BCUT2D eigenvalue weighted by Gasteiger charge is 2.35. The summed E-state index contributed by atoms with van der Waals surface area (Å²) in [5, 5.41) is 2.10. The van der Waals surface area contributed by atoms with Gasteiger partial charge < -0.3 is 9.88 Å². The standard InChI is InChI=1S/C18H20F4N4O3S/c1-11-23-16(10-25(11)2)30(28,29)26-7-5-12(6-8-26)17(27)24-15-9-13(18(20,21)22)3-4-14(15)19/h3-4,9-10,12H,5-8H2,1-2H3,(H,24,27). The number of halogens is 4. The average Bonchev–Trinajstić information content (AvgIpc) is 3.02. The van der Waals surface area contributed by atoms with Crippen LogP contribution in [0.2, 0.25) is 0 Å². The molecule has 12 heteroatoms. The number of sulfonamides is 1. The van der Waals surface area contributed by atoms with E-state index >= 15 is 0 Å². The van der Waals surface area contributed by atoms with Gasteiger partial charge in [0, 0.05) is 32.3 Å². The molecule has 7 nitrogen and oxygen atoms in total. The number of aromatic nitrogens is 2. The van der Waals surface area contributed by atoms with Crippen molar-refractivity contribution in [2.45, 2.75) is 31.0 Å². The third-order valence-corrected chi connectivity index (χ3v) is 6.84. The molecule has 164 valence electrons. The molecular formula is C18H20F4N4O3S. The van der Waals surface area contributed by atoms with E-state index in [1.54, 1.807) is 18.5 Å². The monoisotopic (exact) mass is 448 g/mol. The van der Waals surface area contributed by atoms with Gasteiger partial charge in [-0.3, -0.25) is 4.79 Å². The van der Waals surface area contributed by atoms with Gasteiger partial charge in [0.2, 0.25) is 5.91 Å². The molecule has 3 rings (SSSR count). The molecule has 0 unspecified atom stereocenters. The first-order valence-electron chi connectivity index (χ1n) is 9.07. The highest BCUT2D eigenvalue weighted by molar-refractivity contribution is 7.89. The lowest BCUT2D eigenvalue weighted by molar-refractivity contribution is -0.137. The second-order valence-corrected chi connectivity index (χ2v) is 8.98. The number of imidazole rings is 1. The minimum atomic E-state index is -4.67. The Hall–Kier alpha value is -2.47. The fourth-order valence-electron chi connectivity index (χ4n) is 3.17. The van der Waals surface area contributed by atoms with Crippen molar-refractivity contribution in [2.75, 3.05) is 18.4 Å². The highest BCUT2D eigenvalue weighted by Crippen LogP contribution is 2.32. The van der Waals surface area contributed by atoms with Crippen molar-refractivity contribution >= 4 is 21.6 Å². The summed E-state index contributed by atoms with van der Waals surface area (Å²) in [6, 6.07) is 1.77. The molecule has 1 fully saturated rings. The number of rotatable bonds is 4. The molecule has 1 aliphatic rings. The summed E-state index contributed by atoms with van der Waals surface area (Å²) < 4.78 is 80.4. The smallest absolute Gasteiger partial charge is 0.337 e. The number of amides is 1. The number of aryl methyl sites for hydroxylation is 2. The van der Waals surface area contributed by atoms with Crippen LogP contribution in [0.4, 0.5) is 23.2 Å². The Labute approximate surface area is 170 Å². The fourth-order valence-corrected chi connectivity index (χ4v) is 4.67. The lowest BCUT2D eigenvalue weighted by Gasteiger charge is -2.30. The zero-order valence-corrected chi connectivity index (χ0v) is 17.0. The number of alkyl halides is 3. The largest absolute Gasteiger partial charge is 0.416 e.